The summed E-state index contributed by atoms with van der Waals surface area (Å²) in [7, 11) is 0. The van der Waals surface area contributed by atoms with E-state index < -0.39 is 11.9 Å². The summed E-state index contributed by atoms with van der Waals surface area (Å²) in [5.74, 6) is -0.0625. The van der Waals surface area contributed by atoms with Gasteiger partial charge in [-0.25, -0.2) is 4.98 Å². The summed E-state index contributed by atoms with van der Waals surface area (Å²) in [4.78, 5) is 29.5. The molecule has 21 heavy (non-hydrogen) atoms. The highest BCUT2D eigenvalue weighted by Gasteiger charge is 2.48. The molecule has 0 aromatic carbocycles. The number of thioether (sulfide) groups is 1. The number of fused-ring (bicyclic) bond motifs is 1. The van der Waals surface area contributed by atoms with Gasteiger partial charge in [-0.15, -0.1) is 23.1 Å². The van der Waals surface area contributed by atoms with E-state index in [0.29, 0.717) is 0 Å². The predicted octanol–water partition coefficient (Wildman–Crippen LogP) is -0.183. The van der Waals surface area contributed by atoms with Crippen molar-refractivity contribution >= 4 is 45.8 Å². The van der Waals surface area contributed by atoms with Gasteiger partial charge in [0.05, 0.1) is 0 Å². The molecule has 4 N–H and O–H groups in total. The number of carbonyl (C=O) groups excluding carboxylic acids is 2. The van der Waals surface area contributed by atoms with Crippen LogP contribution in [0, 0.1) is 0 Å². The number of β-lactam (4-membered cyclic amide) rings is 1. The first-order chi connectivity index (χ1) is 10.1. The zero-order valence-corrected chi connectivity index (χ0v) is 12.2. The number of oxime groups is 1. The first-order valence-corrected chi connectivity index (χ1v) is 7.89. The SMILES string of the molecule is Nc1nc(C(=NO)C(=O)NC2C(=O)N3C=CCS[C@@H]23)cs1. The molecule has 110 valence electrons. The molecule has 1 unspecified atom stereocenters. The predicted molar refractivity (Wildman–Crippen MR) is 79.0 cm³/mol. The van der Waals surface area contributed by atoms with Gasteiger partial charge >= 0.3 is 0 Å². The molecule has 0 radical (unpaired) electrons. The molecule has 2 aliphatic rings. The molecule has 0 aliphatic carbocycles. The zero-order chi connectivity index (χ0) is 15.0. The maximum absolute atomic E-state index is 12.1. The number of hydrogen-bond donors (Lipinski definition) is 3. The van der Waals surface area contributed by atoms with Gasteiger partial charge in [-0.1, -0.05) is 11.2 Å². The van der Waals surface area contributed by atoms with E-state index in [0.717, 1.165) is 17.1 Å². The fraction of sp³-hybridized carbons (Fsp3) is 0.273. The average molecular weight is 325 g/mol. The first kappa shape index (κ1) is 13.9. The number of nitrogens with one attached hydrogen (secondary N) is 1. The Morgan fingerprint density at radius 1 is 1.62 bits per heavy atom. The summed E-state index contributed by atoms with van der Waals surface area (Å²) in [5, 5.41) is 16.2. The van der Waals surface area contributed by atoms with E-state index in [2.05, 4.69) is 15.5 Å². The second kappa shape index (κ2) is 5.37. The smallest absolute Gasteiger partial charge is 0.276 e. The lowest BCUT2D eigenvalue weighted by atomic mass is 10.1. The van der Waals surface area contributed by atoms with Crippen LogP contribution in [0.3, 0.4) is 0 Å². The molecular formula is C11H11N5O3S2. The standard InChI is InChI=1S/C11H11N5O3S2/c12-11-13-5(4-21-11)6(15-19)8(17)14-7-9(18)16-2-1-3-20-10(7)16/h1-2,4,7,10,19H,3H2,(H2,12,13)(H,14,17)/t7?,10-/m0/s1. The number of thiazole rings is 1. The zero-order valence-electron chi connectivity index (χ0n) is 10.6. The van der Waals surface area contributed by atoms with Gasteiger partial charge in [-0.3, -0.25) is 9.59 Å². The Kier molecular flexibility index (Phi) is 3.55. The minimum absolute atomic E-state index is 0.119. The summed E-state index contributed by atoms with van der Waals surface area (Å²) in [6.07, 6.45) is 3.60. The van der Waals surface area contributed by atoms with Crippen molar-refractivity contribution in [3.63, 3.8) is 0 Å². The molecule has 8 nitrogen and oxygen atoms in total. The Labute approximate surface area is 127 Å². The molecule has 2 atom stereocenters. The van der Waals surface area contributed by atoms with Gasteiger partial charge in [0.15, 0.2) is 10.8 Å². The van der Waals surface area contributed by atoms with Crippen LogP contribution in [0.5, 0.6) is 0 Å². The quantitative estimate of drug-likeness (QED) is 0.307. The monoisotopic (exact) mass is 325 g/mol. The molecule has 1 aromatic heterocycles. The van der Waals surface area contributed by atoms with E-state index in [-0.39, 0.29) is 27.8 Å². The Morgan fingerprint density at radius 2 is 2.43 bits per heavy atom. The molecule has 0 saturated carbocycles. The van der Waals surface area contributed by atoms with Crippen LogP contribution in [-0.2, 0) is 9.59 Å². The van der Waals surface area contributed by atoms with Crippen LogP contribution in [0.15, 0.2) is 22.8 Å². The lowest BCUT2D eigenvalue weighted by molar-refractivity contribution is -0.143. The molecule has 3 rings (SSSR count). The van der Waals surface area contributed by atoms with Crippen LogP contribution >= 0.6 is 23.1 Å². The molecule has 3 heterocycles. The Bertz CT molecular complexity index is 656. The number of amides is 2. The van der Waals surface area contributed by atoms with Crippen LogP contribution in [0.25, 0.3) is 0 Å². The van der Waals surface area contributed by atoms with Crippen molar-refractivity contribution in [3.8, 4) is 0 Å². The fourth-order valence-electron chi connectivity index (χ4n) is 2.08. The van der Waals surface area contributed by atoms with Gasteiger partial charge in [0.25, 0.3) is 11.8 Å². The Hall–Kier alpha value is -2.07. The van der Waals surface area contributed by atoms with E-state index in [4.69, 9.17) is 10.9 Å². The summed E-state index contributed by atoms with van der Waals surface area (Å²) in [5.41, 5.74) is 5.41. The van der Waals surface area contributed by atoms with Crippen molar-refractivity contribution in [2.75, 3.05) is 11.5 Å². The molecule has 1 fully saturated rings. The maximum Gasteiger partial charge on any atom is 0.276 e. The van der Waals surface area contributed by atoms with Crippen LogP contribution in [0.1, 0.15) is 5.69 Å². The molecule has 1 aromatic rings. The van der Waals surface area contributed by atoms with Crippen molar-refractivity contribution in [2.24, 2.45) is 5.16 Å². The number of nitrogens with zero attached hydrogens (tertiary/aromatic N) is 3. The van der Waals surface area contributed by atoms with Crippen LogP contribution in [0.2, 0.25) is 0 Å². The number of hydrogen-bond acceptors (Lipinski definition) is 8. The van der Waals surface area contributed by atoms with Crippen molar-refractivity contribution < 1.29 is 14.8 Å². The van der Waals surface area contributed by atoms with Crippen LogP contribution < -0.4 is 11.1 Å². The third-order valence-electron chi connectivity index (χ3n) is 3.08. The molecule has 0 bridgehead atoms. The highest BCUT2D eigenvalue weighted by Crippen LogP contribution is 2.33. The summed E-state index contributed by atoms with van der Waals surface area (Å²) in [6, 6.07) is -0.625. The van der Waals surface area contributed by atoms with E-state index >= 15 is 0 Å². The molecule has 2 amide bonds. The second-order valence-electron chi connectivity index (χ2n) is 4.32. The number of anilines is 1. The van der Waals surface area contributed by atoms with Crippen LogP contribution in [0.4, 0.5) is 5.13 Å². The van der Waals surface area contributed by atoms with E-state index in [1.807, 2.05) is 6.08 Å². The van der Waals surface area contributed by atoms with E-state index in [9.17, 15) is 9.59 Å². The van der Waals surface area contributed by atoms with Gasteiger partial charge in [-0.2, -0.15) is 0 Å². The molecule has 0 spiro atoms. The summed E-state index contributed by atoms with van der Waals surface area (Å²) in [6.45, 7) is 0. The van der Waals surface area contributed by atoms with Crippen molar-refractivity contribution in [1.82, 2.24) is 15.2 Å². The summed E-state index contributed by atoms with van der Waals surface area (Å²) >= 11 is 2.68. The van der Waals surface area contributed by atoms with E-state index in [1.54, 1.807) is 22.9 Å². The topological polar surface area (TPSA) is 121 Å². The summed E-state index contributed by atoms with van der Waals surface area (Å²) < 4.78 is 0. The Morgan fingerprint density at radius 3 is 3.10 bits per heavy atom. The first-order valence-electron chi connectivity index (χ1n) is 5.96. The third-order valence-corrected chi connectivity index (χ3v) is 4.97. The minimum Gasteiger partial charge on any atom is -0.410 e. The number of carbonyl (C=O) groups is 2. The highest BCUT2D eigenvalue weighted by molar-refractivity contribution is 8.00. The Balaban J connectivity index is 1.72. The number of nitrogens with two attached hydrogens (primary N) is 1. The molecule has 2 aliphatic heterocycles. The lowest BCUT2D eigenvalue weighted by Crippen LogP contribution is -2.68. The number of aromatic nitrogens is 1. The van der Waals surface area contributed by atoms with Gasteiger partial charge in [0.1, 0.15) is 17.1 Å². The van der Waals surface area contributed by atoms with Gasteiger partial charge in [0, 0.05) is 17.3 Å². The largest absolute Gasteiger partial charge is 0.410 e. The van der Waals surface area contributed by atoms with Gasteiger partial charge in [0.2, 0.25) is 0 Å². The molecule has 10 heteroatoms. The van der Waals surface area contributed by atoms with Crippen molar-refractivity contribution in [1.29, 1.82) is 0 Å². The van der Waals surface area contributed by atoms with Crippen LogP contribution in [-0.4, -0.2) is 49.8 Å². The number of nitrogen functional groups attached to an aromatic ring is 1. The minimum atomic E-state index is -0.657. The molecule has 1 saturated heterocycles. The van der Waals surface area contributed by atoms with Crippen molar-refractivity contribution in [3.05, 3.63) is 23.3 Å². The second-order valence-corrected chi connectivity index (χ2v) is 6.36. The van der Waals surface area contributed by atoms with Gasteiger partial charge in [-0.05, 0) is 0 Å². The van der Waals surface area contributed by atoms with Gasteiger partial charge < -0.3 is 21.2 Å². The average Bonchev–Trinajstić information content (AvgIpc) is 2.91. The maximum atomic E-state index is 12.1. The molecular weight excluding hydrogens is 314 g/mol. The fourth-order valence-corrected chi connectivity index (χ4v) is 3.74. The number of rotatable bonds is 3. The third kappa shape index (κ3) is 2.36. The highest BCUT2D eigenvalue weighted by atomic mass is 32.2. The van der Waals surface area contributed by atoms with Crippen molar-refractivity contribution in [2.45, 2.75) is 11.4 Å². The van der Waals surface area contributed by atoms with E-state index in [1.165, 1.54) is 5.38 Å². The normalized spacial score (nSPS) is 24.5. The lowest BCUT2D eigenvalue weighted by Gasteiger charge is -2.46.